The smallest absolute Gasteiger partial charge is 0.141 e. The van der Waals surface area contributed by atoms with Gasteiger partial charge in [-0.05, 0) is 24.6 Å². The van der Waals surface area contributed by atoms with Gasteiger partial charge in [-0.3, -0.25) is 4.21 Å². The molecule has 1 fully saturated rings. The maximum absolute atomic E-state index is 13.0. The number of rotatable bonds is 1. The fourth-order valence-corrected chi connectivity index (χ4v) is 3.17. The quantitative estimate of drug-likeness (QED) is 0.840. The van der Waals surface area contributed by atoms with Gasteiger partial charge in [0.2, 0.25) is 0 Å². The van der Waals surface area contributed by atoms with E-state index in [4.69, 9.17) is 11.6 Å². The van der Waals surface area contributed by atoms with Crippen LogP contribution in [0.2, 0.25) is 5.02 Å². The normalized spacial score (nSPS) is 30.3. The topological polar surface area (TPSA) is 29.1 Å². The second-order valence-electron chi connectivity index (χ2n) is 3.99. The van der Waals surface area contributed by atoms with Crippen molar-refractivity contribution in [3.05, 3.63) is 34.6 Å². The van der Waals surface area contributed by atoms with Crippen LogP contribution in [0.4, 0.5) is 4.39 Å². The molecule has 0 radical (unpaired) electrons. The van der Waals surface area contributed by atoms with Crippen molar-refractivity contribution in [1.29, 1.82) is 0 Å². The first-order chi connectivity index (χ1) is 7.58. The molecule has 88 valence electrons. The van der Waals surface area contributed by atoms with Gasteiger partial charge in [0.1, 0.15) is 5.82 Å². The predicted molar refractivity (Wildman–Crippen MR) is 64.6 cm³/mol. The van der Waals surface area contributed by atoms with Crippen molar-refractivity contribution in [3.63, 3.8) is 0 Å². The highest BCUT2D eigenvalue weighted by Gasteiger charge is 2.25. The Bertz CT molecular complexity index is 426. The lowest BCUT2D eigenvalue weighted by atomic mass is 10.1. The van der Waals surface area contributed by atoms with Crippen LogP contribution in [0.15, 0.2) is 18.2 Å². The fourth-order valence-electron chi connectivity index (χ4n) is 1.73. The molecule has 1 aliphatic heterocycles. The molecule has 0 aliphatic carbocycles. The zero-order valence-electron chi connectivity index (χ0n) is 8.87. The van der Waals surface area contributed by atoms with E-state index in [1.165, 1.54) is 6.07 Å². The Hall–Kier alpha value is -0.450. The van der Waals surface area contributed by atoms with E-state index in [2.05, 4.69) is 5.32 Å². The van der Waals surface area contributed by atoms with Crippen molar-refractivity contribution in [3.8, 4) is 0 Å². The van der Waals surface area contributed by atoms with E-state index in [1.807, 2.05) is 6.92 Å². The number of hydrogen-bond acceptors (Lipinski definition) is 2. The van der Waals surface area contributed by atoms with Gasteiger partial charge in [0.15, 0.2) is 0 Å². The highest BCUT2D eigenvalue weighted by Crippen LogP contribution is 2.24. The molecule has 1 aliphatic rings. The molecule has 5 heteroatoms. The summed E-state index contributed by atoms with van der Waals surface area (Å²) >= 11 is 5.72. The molecule has 3 atom stereocenters. The van der Waals surface area contributed by atoms with Crippen LogP contribution in [-0.4, -0.2) is 21.8 Å². The summed E-state index contributed by atoms with van der Waals surface area (Å²) in [5.74, 6) is 0.138. The first kappa shape index (κ1) is 12.0. The van der Waals surface area contributed by atoms with Crippen molar-refractivity contribution >= 4 is 22.4 Å². The van der Waals surface area contributed by atoms with E-state index in [0.29, 0.717) is 12.3 Å². The summed E-state index contributed by atoms with van der Waals surface area (Å²) in [6.45, 7) is 2.67. The lowest BCUT2D eigenvalue weighted by Gasteiger charge is -2.27. The van der Waals surface area contributed by atoms with Crippen LogP contribution in [0.1, 0.15) is 18.5 Å². The summed E-state index contributed by atoms with van der Waals surface area (Å²) in [4.78, 5) is 0. The van der Waals surface area contributed by atoms with Crippen LogP contribution in [0.25, 0.3) is 0 Å². The molecule has 0 amide bonds. The van der Waals surface area contributed by atoms with Crippen molar-refractivity contribution < 1.29 is 8.60 Å². The predicted octanol–water partition coefficient (Wildman–Crippen LogP) is 2.26. The number of nitrogens with one attached hydrogen (secondary N) is 1. The summed E-state index contributed by atoms with van der Waals surface area (Å²) in [7, 11) is -0.827. The van der Waals surface area contributed by atoms with Gasteiger partial charge in [-0.15, -0.1) is 0 Å². The van der Waals surface area contributed by atoms with Crippen LogP contribution in [0.5, 0.6) is 0 Å². The molecular weight excluding hydrogens is 249 g/mol. The molecule has 16 heavy (non-hydrogen) atoms. The molecule has 1 aromatic rings. The van der Waals surface area contributed by atoms with E-state index in [1.54, 1.807) is 12.1 Å². The Kier molecular flexibility index (Phi) is 3.62. The fraction of sp³-hybridized carbons (Fsp3) is 0.455. The van der Waals surface area contributed by atoms with Crippen molar-refractivity contribution in [2.24, 2.45) is 0 Å². The van der Waals surface area contributed by atoms with Gasteiger partial charge in [-0.25, -0.2) is 4.39 Å². The molecule has 0 spiro atoms. The minimum absolute atomic E-state index is 0.00938. The number of benzene rings is 1. The second-order valence-corrected chi connectivity index (χ2v) is 6.30. The molecule has 3 unspecified atom stereocenters. The average molecular weight is 262 g/mol. The third-order valence-electron chi connectivity index (χ3n) is 2.78. The molecule has 1 saturated heterocycles. The minimum atomic E-state index is -0.827. The van der Waals surface area contributed by atoms with Crippen molar-refractivity contribution in [2.45, 2.75) is 18.2 Å². The van der Waals surface area contributed by atoms with Crippen molar-refractivity contribution in [1.82, 2.24) is 5.32 Å². The Morgan fingerprint density at radius 2 is 2.31 bits per heavy atom. The van der Waals surface area contributed by atoms with Crippen LogP contribution >= 0.6 is 11.6 Å². The SMILES string of the molecule is CC1CNC(c2ccc(F)c(Cl)c2)CS1=O. The summed E-state index contributed by atoms with van der Waals surface area (Å²) in [5.41, 5.74) is 0.895. The summed E-state index contributed by atoms with van der Waals surface area (Å²) in [5, 5.41) is 3.58. The molecule has 2 nitrogen and oxygen atoms in total. The second kappa shape index (κ2) is 4.82. The Morgan fingerprint density at radius 3 is 2.94 bits per heavy atom. The lowest BCUT2D eigenvalue weighted by Crippen LogP contribution is -2.41. The number of hydrogen-bond donors (Lipinski definition) is 1. The molecule has 0 aromatic heterocycles. The molecule has 1 N–H and O–H groups in total. The lowest BCUT2D eigenvalue weighted by molar-refractivity contribution is 0.539. The van der Waals surface area contributed by atoms with Gasteiger partial charge in [0.05, 0.1) is 5.02 Å². The van der Waals surface area contributed by atoms with Gasteiger partial charge in [-0.2, -0.15) is 0 Å². The van der Waals surface area contributed by atoms with E-state index in [0.717, 1.165) is 5.56 Å². The molecule has 2 rings (SSSR count). The Labute approximate surface area is 102 Å². The highest BCUT2D eigenvalue weighted by molar-refractivity contribution is 7.85. The van der Waals surface area contributed by atoms with E-state index >= 15 is 0 Å². The Morgan fingerprint density at radius 1 is 1.56 bits per heavy atom. The maximum atomic E-state index is 13.0. The first-order valence-corrected chi connectivity index (χ1v) is 6.89. The third-order valence-corrected chi connectivity index (χ3v) is 4.79. The summed E-state index contributed by atoms with van der Waals surface area (Å²) in [6.07, 6.45) is 0. The zero-order valence-corrected chi connectivity index (χ0v) is 10.4. The maximum Gasteiger partial charge on any atom is 0.141 e. The van der Waals surface area contributed by atoms with Gasteiger partial charge >= 0.3 is 0 Å². The molecule has 0 saturated carbocycles. The third kappa shape index (κ3) is 2.44. The number of halogens is 2. The summed E-state index contributed by atoms with van der Waals surface area (Å²) in [6, 6.07) is 4.64. The van der Waals surface area contributed by atoms with Crippen LogP contribution in [-0.2, 0) is 10.8 Å². The molecule has 1 heterocycles. The van der Waals surface area contributed by atoms with Crippen LogP contribution in [0.3, 0.4) is 0 Å². The van der Waals surface area contributed by atoms with Crippen LogP contribution < -0.4 is 5.32 Å². The molecular formula is C11H13ClFNOS. The van der Waals surface area contributed by atoms with Gasteiger partial charge in [-0.1, -0.05) is 17.7 Å². The van der Waals surface area contributed by atoms with Gasteiger partial charge in [0, 0.05) is 34.4 Å². The van der Waals surface area contributed by atoms with E-state index in [9.17, 15) is 8.60 Å². The standard InChI is InChI=1S/C11H13ClFNOS/c1-7-5-14-11(6-16(7)15)8-2-3-10(13)9(12)4-8/h2-4,7,11,14H,5-6H2,1H3. The zero-order chi connectivity index (χ0) is 11.7. The van der Waals surface area contributed by atoms with Gasteiger partial charge in [0.25, 0.3) is 0 Å². The van der Waals surface area contributed by atoms with Gasteiger partial charge < -0.3 is 5.32 Å². The Balaban J connectivity index is 2.18. The minimum Gasteiger partial charge on any atom is -0.308 e. The largest absolute Gasteiger partial charge is 0.308 e. The van der Waals surface area contributed by atoms with E-state index in [-0.39, 0.29) is 16.3 Å². The van der Waals surface area contributed by atoms with E-state index < -0.39 is 16.6 Å². The highest BCUT2D eigenvalue weighted by atomic mass is 35.5. The average Bonchev–Trinajstić information content (AvgIpc) is 2.26. The van der Waals surface area contributed by atoms with Crippen LogP contribution in [0, 0.1) is 5.82 Å². The first-order valence-electron chi connectivity index (χ1n) is 5.13. The van der Waals surface area contributed by atoms with Crippen molar-refractivity contribution in [2.75, 3.05) is 12.3 Å². The summed E-state index contributed by atoms with van der Waals surface area (Å²) < 4.78 is 24.7. The molecule has 0 bridgehead atoms. The molecule has 1 aromatic carbocycles. The monoisotopic (exact) mass is 261 g/mol.